The second-order valence-electron chi connectivity index (χ2n) is 7.71. The van der Waals surface area contributed by atoms with Gasteiger partial charge in [0.1, 0.15) is 0 Å². The van der Waals surface area contributed by atoms with Gasteiger partial charge < -0.3 is 10.0 Å². The fourth-order valence-electron chi connectivity index (χ4n) is 4.21. The van der Waals surface area contributed by atoms with Gasteiger partial charge in [0.25, 0.3) is 0 Å². The fourth-order valence-corrected chi connectivity index (χ4v) is 4.21. The third-order valence-electron chi connectivity index (χ3n) is 5.89. The van der Waals surface area contributed by atoms with Crippen LogP contribution in [0.15, 0.2) is 24.3 Å². The fraction of sp³-hybridized carbons (Fsp3) is 0.579. The summed E-state index contributed by atoms with van der Waals surface area (Å²) in [7, 11) is 0. The van der Waals surface area contributed by atoms with Gasteiger partial charge in [0.2, 0.25) is 5.91 Å². The van der Waals surface area contributed by atoms with Crippen LogP contribution in [0.3, 0.4) is 0 Å². The number of aliphatic carboxylic acids is 1. The molecule has 1 unspecified atom stereocenters. The number of hydrogen-bond donors (Lipinski definition) is 1. The zero-order chi connectivity index (χ0) is 19.2. The van der Waals surface area contributed by atoms with Crippen LogP contribution >= 0.6 is 0 Å². The first kappa shape index (κ1) is 18.7. The molecule has 26 heavy (non-hydrogen) atoms. The average Bonchev–Trinajstić information content (AvgIpc) is 3.22. The van der Waals surface area contributed by atoms with Gasteiger partial charge in [-0.25, -0.2) is 0 Å². The van der Waals surface area contributed by atoms with Crippen molar-refractivity contribution >= 4 is 11.9 Å². The molecule has 7 heteroatoms. The first-order chi connectivity index (χ1) is 12.1. The molecule has 1 amide bonds. The molecule has 142 valence electrons. The lowest BCUT2D eigenvalue weighted by molar-refractivity contribution is -0.148. The van der Waals surface area contributed by atoms with Gasteiger partial charge in [-0.1, -0.05) is 31.0 Å². The minimum Gasteiger partial charge on any atom is -0.481 e. The van der Waals surface area contributed by atoms with E-state index in [4.69, 9.17) is 0 Å². The van der Waals surface area contributed by atoms with E-state index in [9.17, 15) is 27.9 Å². The number of rotatable bonds is 3. The first-order valence-corrected chi connectivity index (χ1v) is 8.79. The van der Waals surface area contributed by atoms with E-state index in [0.717, 1.165) is 25.0 Å². The van der Waals surface area contributed by atoms with Crippen molar-refractivity contribution in [3.8, 4) is 0 Å². The highest BCUT2D eigenvalue weighted by atomic mass is 19.4. The van der Waals surface area contributed by atoms with E-state index in [1.165, 1.54) is 11.0 Å². The number of hydrogen-bond acceptors (Lipinski definition) is 2. The van der Waals surface area contributed by atoms with Crippen LogP contribution in [-0.4, -0.2) is 35.0 Å². The lowest BCUT2D eigenvalue weighted by Crippen LogP contribution is -2.46. The number of alkyl halides is 3. The van der Waals surface area contributed by atoms with Crippen LogP contribution in [0.25, 0.3) is 0 Å². The number of amides is 1. The molecule has 1 heterocycles. The number of benzene rings is 1. The molecule has 0 bridgehead atoms. The summed E-state index contributed by atoms with van der Waals surface area (Å²) in [6.45, 7) is 2.03. The highest BCUT2D eigenvalue weighted by molar-refractivity contribution is 5.90. The second kappa shape index (κ2) is 6.28. The molecule has 1 aromatic carbocycles. The largest absolute Gasteiger partial charge is 0.481 e. The number of carboxylic acid groups (broad SMARTS) is 1. The van der Waals surface area contributed by atoms with Gasteiger partial charge in [0.05, 0.1) is 16.4 Å². The highest BCUT2D eigenvalue weighted by Crippen LogP contribution is 2.45. The number of carbonyl (C=O) groups excluding carboxylic acids is 1. The SMILES string of the molecule is CC1(C(=O)O)CCN(C(=O)C2(c3cccc(C(F)(F)F)c3)CCCC2)C1. The van der Waals surface area contributed by atoms with Crippen molar-refractivity contribution in [3.63, 3.8) is 0 Å². The smallest absolute Gasteiger partial charge is 0.416 e. The molecular weight excluding hydrogens is 347 g/mol. The third-order valence-corrected chi connectivity index (χ3v) is 5.89. The van der Waals surface area contributed by atoms with Crippen molar-refractivity contribution in [2.75, 3.05) is 13.1 Å². The Bertz CT molecular complexity index is 725. The van der Waals surface area contributed by atoms with Gasteiger partial charge >= 0.3 is 12.1 Å². The van der Waals surface area contributed by atoms with Crippen LogP contribution in [0.5, 0.6) is 0 Å². The summed E-state index contributed by atoms with van der Waals surface area (Å²) in [6, 6.07) is 5.02. The van der Waals surface area contributed by atoms with Crippen LogP contribution < -0.4 is 0 Å². The van der Waals surface area contributed by atoms with E-state index in [0.29, 0.717) is 31.4 Å². The van der Waals surface area contributed by atoms with Crippen molar-refractivity contribution in [2.45, 2.75) is 50.6 Å². The van der Waals surface area contributed by atoms with Crippen LogP contribution in [0.4, 0.5) is 13.2 Å². The maximum absolute atomic E-state index is 13.3. The summed E-state index contributed by atoms with van der Waals surface area (Å²) < 4.78 is 39.3. The summed E-state index contributed by atoms with van der Waals surface area (Å²) in [6.07, 6.45) is -1.58. The standard InChI is InChI=1S/C19H22F3NO3/c1-17(16(25)26)9-10-23(12-17)15(24)18(7-2-3-8-18)13-5-4-6-14(11-13)19(20,21)22/h4-6,11H,2-3,7-10,12H2,1H3,(H,25,26). The topological polar surface area (TPSA) is 57.6 Å². The quantitative estimate of drug-likeness (QED) is 0.881. The van der Waals surface area contributed by atoms with Crippen molar-refractivity contribution in [1.29, 1.82) is 0 Å². The van der Waals surface area contributed by atoms with Crippen molar-refractivity contribution < 1.29 is 27.9 Å². The monoisotopic (exact) mass is 369 g/mol. The minimum absolute atomic E-state index is 0.0991. The molecule has 2 aliphatic rings. The molecule has 0 radical (unpaired) electrons. The Labute approximate surface area is 150 Å². The summed E-state index contributed by atoms with van der Waals surface area (Å²) in [5.74, 6) is -1.19. The Kier molecular flexibility index (Phi) is 4.53. The summed E-state index contributed by atoms with van der Waals surface area (Å²) in [5, 5.41) is 9.38. The van der Waals surface area contributed by atoms with Gasteiger partial charge in [-0.2, -0.15) is 13.2 Å². The van der Waals surface area contributed by atoms with E-state index < -0.39 is 28.5 Å². The predicted molar refractivity (Wildman–Crippen MR) is 88.5 cm³/mol. The predicted octanol–water partition coefficient (Wildman–Crippen LogP) is 3.84. The van der Waals surface area contributed by atoms with Crippen molar-refractivity contribution in [1.82, 2.24) is 4.90 Å². The molecule has 1 aliphatic heterocycles. The Balaban J connectivity index is 1.94. The average molecular weight is 369 g/mol. The van der Waals surface area contributed by atoms with E-state index in [2.05, 4.69) is 0 Å². The number of likely N-dealkylation sites (tertiary alicyclic amines) is 1. The Morgan fingerprint density at radius 2 is 1.81 bits per heavy atom. The molecule has 1 saturated carbocycles. The lowest BCUT2D eigenvalue weighted by atomic mass is 9.77. The molecule has 2 fully saturated rings. The highest BCUT2D eigenvalue weighted by Gasteiger charge is 2.50. The van der Waals surface area contributed by atoms with E-state index in [1.54, 1.807) is 13.0 Å². The number of carboxylic acids is 1. The normalized spacial score (nSPS) is 25.5. The molecule has 1 N–H and O–H groups in total. The Morgan fingerprint density at radius 3 is 2.35 bits per heavy atom. The van der Waals surface area contributed by atoms with Crippen LogP contribution in [0.1, 0.15) is 50.2 Å². The van der Waals surface area contributed by atoms with Crippen LogP contribution in [-0.2, 0) is 21.2 Å². The van der Waals surface area contributed by atoms with Crippen molar-refractivity contribution in [2.24, 2.45) is 5.41 Å². The molecule has 1 aromatic rings. The summed E-state index contributed by atoms with van der Waals surface area (Å²) >= 11 is 0. The number of nitrogens with zero attached hydrogens (tertiary/aromatic N) is 1. The minimum atomic E-state index is -4.46. The molecule has 1 aliphatic carbocycles. The van der Waals surface area contributed by atoms with Gasteiger partial charge in [-0.15, -0.1) is 0 Å². The maximum Gasteiger partial charge on any atom is 0.416 e. The molecule has 0 aromatic heterocycles. The zero-order valence-electron chi connectivity index (χ0n) is 14.6. The van der Waals surface area contributed by atoms with Crippen LogP contribution in [0.2, 0.25) is 0 Å². The van der Waals surface area contributed by atoms with Gasteiger partial charge in [-0.3, -0.25) is 9.59 Å². The van der Waals surface area contributed by atoms with E-state index in [1.807, 2.05) is 0 Å². The lowest BCUT2D eigenvalue weighted by Gasteiger charge is -2.34. The summed E-state index contributed by atoms with van der Waals surface area (Å²) in [5.41, 5.74) is -2.35. The molecule has 3 rings (SSSR count). The number of halogens is 3. The second-order valence-corrected chi connectivity index (χ2v) is 7.71. The maximum atomic E-state index is 13.3. The molecule has 1 atom stereocenters. The first-order valence-electron chi connectivity index (χ1n) is 8.79. The van der Waals surface area contributed by atoms with E-state index in [-0.39, 0.29) is 12.5 Å². The molecular formula is C19H22F3NO3. The molecule has 0 spiro atoms. The Morgan fingerprint density at radius 1 is 1.15 bits per heavy atom. The molecule has 4 nitrogen and oxygen atoms in total. The number of carbonyl (C=O) groups is 2. The summed E-state index contributed by atoms with van der Waals surface area (Å²) in [4.78, 5) is 26.3. The third kappa shape index (κ3) is 3.08. The zero-order valence-corrected chi connectivity index (χ0v) is 14.6. The van der Waals surface area contributed by atoms with Gasteiger partial charge in [0.15, 0.2) is 0 Å². The van der Waals surface area contributed by atoms with E-state index >= 15 is 0 Å². The van der Waals surface area contributed by atoms with Crippen LogP contribution in [0, 0.1) is 5.41 Å². The molecule has 1 saturated heterocycles. The van der Waals surface area contributed by atoms with Gasteiger partial charge in [-0.05, 0) is 37.8 Å². The van der Waals surface area contributed by atoms with Gasteiger partial charge in [0, 0.05) is 13.1 Å². The van der Waals surface area contributed by atoms with Crippen molar-refractivity contribution in [3.05, 3.63) is 35.4 Å². The Hall–Kier alpha value is -2.05.